The van der Waals surface area contributed by atoms with Gasteiger partial charge in [-0.15, -0.1) is 0 Å². The number of piperazine rings is 1. The molecule has 1 aromatic rings. The van der Waals surface area contributed by atoms with Crippen molar-refractivity contribution in [3.05, 3.63) is 23.4 Å². The molecule has 1 unspecified atom stereocenters. The highest BCUT2D eigenvalue weighted by molar-refractivity contribution is 6.04. The van der Waals surface area contributed by atoms with E-state index in [1.807, 2.05) is 12.9 Å². The van der Waals surface area contributed by atoms with Gasteiger partial charge in [0.2, 0.25) is 0 Å². The summed E-state index contributed by atoms with van der Waals surface area (Å²) in [5.74, 6) is -0.156. The molecular weight excluding hydrogens is 284 g/mol. The van der Waals surface area contributed by atoms with E-state index in [-0.39, 0.29) is 11.6 Å². The molecule has 3 heterocycles. The lowest BCUT2D eigenvalue weighted by atomic mass is 10.1. The topological polar surface area (TPSA) is 48.5 Å². The van der Waals surface area contributed by atoms with Crippen LogP contribution in [0.3, 0.4) is 0 Å². The van der Waals surface area contributed by atoms with Crippen LogP contribution in [0.5, 0.6) is 0 Å². The molecule has 112 valence electrons. The van der Waals surface area contributed by atoms with Gasteiger partial charge >= 0.3 is 6.18 Å². The molecule has 9 heteroatoms. The van der Waals surface area contributed by atoms with Gasteiger partial charge in [-0.3, -0.25) is 4.79 Å². The summed E-state index contributed by atoms with van der Waals surface area (Å²) in [4.78, 5) is 20.0. The van der Waals surface area contributed by atoms with Crippen molar-refractivity contribution in [2.75, 3.05) is 31.1 Å². The van der Waals surface area contributed by atoms with Gasteiger partial charge in [0.1, 0.15) is 5.82 Å². The van der Waals surface area contributed by atoms with E-state index in [2.05, 4.69) is 15.1 Å². The van der Waals surface area contributed by atoms with Crippen LogP contribution in [0.25, 0.3) is 0 Å². The zero-order valence-electron chi connectivity index (χ0n) is 11.4. The molecular formula is C12H14BF3N4O. The molecule has 3 rings (SSSR count). The Labute approximate surface area is 120 Å². The van der Waals surface area contributed by atoms with Crippen molar-refractivity contribution in [2.24, 2.45) is 0 Å². The van der Waals surface area contributed by atoms with Gasteiger partial charge in [0.15, 0.2) is 7.98 Å². The van der Waals surface area contributed by atoms with Crippen LogP contribution in [-0.2, 0) is 6.18 Å². The average molecular weight is 298 g/mol. The number of carbonyl (C=O) groups is 1. The summed E-state index contributed by atoms with van der Waals surface area (Å²) in [6, 6.07) is 0.913. The van der Waals surface area contributed by atoms with Crippen LogP contribution < -0.4 is 10.2 Å². The van der Waals surface area contributed by atoms with Crippen LogP contribution in [-0.4, -0.2) is 55.9 Å². The Kier molecular flexibility index (Phi) is 3.31. The minimum atomic E-state index is -4.50. The van der Waals surface area contributed by atoms with Gasteiger partial charge in [0.05, 0.1) is 17.2 Å². The van der Waals surface area contributed by atoms with E-state index in [0.29, 0.717) is 18.9 Å². The summed E-state index contributed by atoms with van der Waals surface area (Å²) < 4.78 is 38.3. The maximum atomic E-state index is 12.8. The maximum absolute atomic E-state index is 12.8. The number of fused-ring (bicyclic) bond motifs is 3. The first-order valence-electron chi connectivity index (χ1n) is 6.67. The Morgan fingerprint density at radius 3 is 2.86 bits per heavy atom. The normalized spacial score (nSPS) is 23.1. The Balaban J connectivity index is 2.04. The molecule has 1 N–H and O–H groups in total. The van der Waals surface area contributed by atoms with Crippen molar-refractivity contribution in [3.8, 4) is 0 Å². The van der Waals surface area contributed by atoms with Gasteiger partial charge < -0.3 is 15.0 Å². The Hall–Kier alpha value is -1.77. The molecule has 0 aliphatic carbocycles. The molecule has 1 atom stereocenters. The highest BCUT2D eigenvalue weighted by atomic mass is 19.4. The van der Waals surface area contributed by atoms with Crippen molar-refractivity contribution in [2.45, 2.75) is 12.2 Å². The lowest BCUT2D eigenvalue weighted by Gasteiger charge is -2.40. The van der Waals surface area contributed by atoms with E-state index in [9.17, 15) is 18.0 Å². The number of alkyl halides is 3. The van der Waals surface area contributed by atoms with Gasteiger partial charge in [0, 0.05) is 32.4 Å². The fraction of sp³-hybridized carbons (Fsp3) is 0.500. The summed E-state index contributed by atoms with van der Waals surface area (Å²) in [5.41, 5.74) is -0.902. The summed E-state index contributed by atoms with van der Waals surface area (Å²) in [5, 5.41) is 2.68. The zero-order valence-corrected chi connectivity index (χ0v) is 11.4. The molecule has 21 heavy (non-hydrogen) atoms. The van der Waals surface area contributed by atoms with Gasteiger partial charge in [0.25, 0.3) is 5.91 Å². The number of halogens is 3. The molecule has 1 aromatic heterocycles. The number of nitrogens with one attached hydrogen (secondary N) is 1. The van der Waals surface area contributed by atoms with Crippen molar-refractivity contribution in [1.82, 2.24) is 15.1 Å². The van der Waals surface area contributed by atoms with Crippen LogP contribution in [0.2, 0.25) is 0 Å². The molecule has 0 spiro atoms. The lowest BCUT2D eigenvalue weighted by Crippen LogP contribution is -2.55. The third-order valence-electron chi connectivity index (χ3n) is 3.89. The minimum Gasteiger partial charge on any atom is -0.350 e. The van der Waals surface area contributed by atoms with Crippen LogP contribution >= 0.6 is 0 Å². The van der Waals surface area contributed by atoms with Crippen LogP contribution in [0, 0.1) is 0 Å². The van der Waals surface area contributed by atoms with Gasteiger partial charge in [-0.05, 0) is 6.07 Å². The quantitative estimate of drug-likeness (QED) is 0.679. The van der Waals surface area contributed by atoms with E-state index in [0.717, 1.165) is 25.4 Å². The summed E-state index contributed by atoms with van der Waals surface area (Å²) >= 11 is 0. The first-order chi connectivity index (χ1) is 9.86. The van der Waals surface area contributed by atoms with Crippen LogP contribution in [0.1, 0.15) is 15.9 Å². The molecule has 0 saturated carbocycles. The molecule has 1 fully saturated rings. The van der Waals surface area contributed by atoms with E-state index < -0.39 is 17.6 Å². The molecule has 2 aliphatic heterocycles. The molecule has 1 saturated heterocycles. The van der Waals surface area contributed by atoms with Crippen LogP contribution in [0.4, 0.5) is 19.0 Å². The predicted octanol–water partition coefficient (Wildman–Crippen LogP) is -0.118. The SMILES string of the molecule is BN1CCN2c3ncc(C(F)(F)F)cc3C(=O)NCC2C1. The number of nitrogens with zero attached hydrogens (tertiary/aromatic N) is 3. The van der Waals surface area contributed by atoms with E-state index in [4.69, 9.17) is 0 Å². The number of carbonyl (C=O) groups excluding carboxylic acids is 1. The monoisotopic (exact) mass is 298 g/mol. The number of hydrogen-bond acceptors (Lipinski definition) is 4. The van der Waals surface area contributed by atoms with Crippen molar-refractivity contribution < 1.29 is 18.0 Å². The average Bonchev–Trinajstić information content (AvgIpc) is 2.55. The third kappa shape index (κ3) is 2.57. The molecule has 0 radical (unpaired) electrons. The van der Waals surface area contributed by atoms with E-state index in [1.54, 1.807) is 0 Å². The summed E-state index contributed by atoms with van der Waals surface area (Å²) in [6.07, 6.45) is -3.71. The van der Waals surface area contributed by atoms with Crippen molar-refractivity contribution in [3.63, 3.8) is 0 Å². The molecule has 0 bridgehead atoms. The Morgan fingerprint density at radius 1 is 1.38 bits per heavy atom. The van der Waals surface area contributed by atoms with Gasteiger partial charge in [-0.1, -0.05) is 0 Å². The second-order valence-corrected chi connectivity index (χ2v) is 5.41. The predicted molar refractivity (Wildman–Crippen MR) is 72.8 cm³/mol. The first kappa shape index (κ1) is 14.2. The van der Waals surface area contributed by atoms with Gasteiger partial charge in [-0.25, -0.2) is 4.98 Å². The molecule has 1 amide bonds. The largest absolute Gasteiger partial charge is 0.417 e. The fourth-order valence-corrected chi connectivity index (χ4v) is 2.78. The van der Waals surface area contributed by atoms with Crippen LogP contribution in [0.15, 0.2) is 12.3 Å². The second-order valence-electron chi connectivity index (χ2n) is 5.41. The standard InChI is InChI=1S/C12H14BF3N4O/c13-19-1-2-20-8(6-19)5-18-11(21)9-3-7(12(14,15)16)4-17-10(9)20/h3-4,8H,1-2,5-6,13H2,(H,18,21). The number of rotatable bonds is 0. The number of anilines is 1. The number of hydrogen-bond donors (Lipinski definition) is 1. The third-order valence-corrected chi connectivity index (χ3v) is 3.89. The smallest absolute Gasteiger partial charge is 0.350 e. The lowest BCUT2D eigenvalue weighted by molar-refractivity contribution is -0.137. The maximum Gasteiger partial charge on any atom is 0.417 e. The first-order valence-corrected chi connectivity index (χ1v) is 6.67. The minimum absolute atomic E-state index is 0.00289. The summed E-state index contributed by atoms with van der Waals surface area (Å²) in [6.45, 7) is 2.57. The van der Waals surface area contributed by atoms with Crippen molar-refractivity contribution >= 4 is 19.7 Å². The fourth-order valence-electron chi connectivity index (χ4n) is 2.78. The highest BCUT2D eigenvalue weighted by Gasteiger charge is 2.36. The zero-order chi connectivity index (χ0) is 15.2. The Bertz CT molecular complexity index is 580. The van der Waals surface area contributed by atoms with E-state index >= 15 is 0 Å². The van der Waals surface area contributed by atoms with E-state index in [1.165, 1.54) is 0 Å². The second kappa shape index (κ2) is 4.90. The number of pyridine rings is 1. The highest BCUT2D eigenvalue weighted by Crippen LogP contribution is 2.33. The number of aromatic nitrogens is 1. The van der Waals surface area contributed by atoms with Crippen molar-refractivity contribution in [1.29, 1.82) is 0 Å². The van der Waals surface area contributed by atoms with Gasteiger partial charge in [-0.2, -0.15) is 13.2 Å². The summed E-state index contributed by atoms with van der Waals surface area (Å²) in [7, 11) is 1.98. The Morgan fingerprint density at radius 2 is 2.14 bits per heavy atom. The molecule has 0 aromatic carbocycles. The molecule has 2 aliphatic rings. The molecule has 5 nitrogen and oxygen atoms in total. The number of amides is 1.